The van der Waals surface area contributed by atoms with Gasteiger partial charge in [0.25, 0.3) is 5.91 Å². The van der Waals surface area contributed by atoms with E-state index in [4.69, 9.17) is 4.52 Å². The molecule has 1 fully saturated rings. The number of carbonyl (C=O) groups excluding carboxylic acids is 3. The maximum absolute atomic E-state index is 12.1. The van der Waals surface area contributed by atoms with Crippen LogP contribution >= 0.6 is 0 Å². The van der Waals surface area contributed by atoms with Crippen molar-refractivity contribution < 1.29 is 18.9 Å². The molecule has 0 radical (unpaired) electrons. The zero-order valence-electron chi connectivity index (χ0n) is 18.5. The molecule has 1 saturated carbocycles. The Bertz CT molecular complexity index is 904. The van der Waals surface area contributed by atoms with Gasteiger partial charge in [0.1, 0.15) is 5.54 Å². The monoisotopic (exact) mass is 441 g/mol. The number of aromatic nitrogens is 2. The van der Waals surface area contributed by atoms with Crippen molar-refractivity contribution >= 4 is 17.7 Å². The minimum absolute atomic E-state index is 0.114. The highest BCUT2D eigenvalue weighted by Crippen LogP contribution is 2.34. The number of rotatable bonds is 9. The van der Waals surface area contributed by atoms with E-state index < -0.39 is 5.54 Å². The van der Waals surface area contributed by atoms with Gasteiger partial charge in [-0.05, 0) is 25.0 Å². The summed E-state index contributed by atoms with van der Waals surface area (Å²) in [6, 6.07) is 8.91. The third-order valence-corrected chi connectivity index (χ3v) is 5.60. The number of hydrogen-bond donors (Lipinski definition) is 3. The van der Waals surface area contributed by atoms with Crippen molar-refractivity contribution in [2.45, 2.75) is 63.8 Å². The summed E-state index contributed by atoms with van der Waals surface area (Å²) in [5, 5.41) is 12.7. The average Bonchev–Trinajstić information content (AvgIpc) is 3.15. The molecule has 1 aromatic carbocycles. The molecule has 9 nitrogen and oxygen atoms in total. The average molecular weight is 442 g/mol. The summed E-state index contributed by atoms with van der Waals surface area (Å²) in [6.07, 6.45) is 6.30. The fourth-order valence-corrected chi connectivity index (χ4v) is 4.00. The smallest absolute Gasteiger partial charge is 0.251 e. The third-order valence-electron chi connectivity index (χ3n) is 5.60. The van der Waals surface area contributed by atoms with Gasteiger partial charge in [0.15, 0.2) is 5.82 Å². The summed E-state index contributed by atoms with van der Waals surface area (Å²) >= 11 is 0. The Hall–Kier alpha value is -3.23. The van der Waals surface area contributed by atoms with Gasteiger partial charge in [-0.3, -0.25) is 14.4 Å². The lowest BCUT2D eigenvalue weighted by atomic mass is 9.89. The molecule has 172 valence electrons. The molecule has 3 amide bonds. The molecule has 0 aliphatic heterocycles. The van der Waals surface area contributed by atoms with E-state index >= 15 is 0 Å². The molecule has 1 aliphatic rings. The quantitative estimate of drug-likeness (QED) is 0.405. The highest BCUT2D eigenvalue weighted by atomic mass is 16.5. The van der Waals surface area contributed by atoms with E-state index in [1.165, 1.54) is 6.92 Å². The standard InChI is InChI=1S/C23H31N5O4/c1-17(29)27-23(13-7-2-3-8-14-23)22-26-20(32-28-22)12-11-19(30)24-15-16-25-21(31)18-9-5-4-6-10-18/h4-6,9-10H,2-3,7-8,11-16H2,1H3,(H,24,30)(H,25,31)(H,27,29). The SMILES string of the molecule is CC(=O)NC1(c2noc(CCC(=O)NCCNC(=O)c3ccccc3)n2)CCCCCC1. The molecule has 0 atom stereocenters. The molecular formula is C23H31N5O4. The van der Waals surface area contributed by atoms with Gasteiger partial charge >= 0.3 is 0 Å². The van der Waals surface area contributed by atoms with Gasteiger partial charge in [0, 0.05) is 38.4 Å². The molecule has 0 bridgehead atoms. The number of nitrogens with zero attached hydrogens (tertiary/aromatic N) is 2. The van der Waals surface area contributed by atoms with Crippen molar-refractivity contribution in [3.8, 4) is 0 Å². The first-order valence-corrected chi connectivity index (χ1v) is 11.2. The highest BCUT2D eigenvalue weighted by molar-refractivity contribution is 5.94. The van der Waals surface area contributed by atoms with Crippen LogP contribution in [0.4, 0.5) is 0 Å². The lowest BCUT2D eigenvalue weighted by Gasteiger charge is -2.30. The van der Waals surface area contributed by atoms with Crippen LogP contribution in [-0.4, -0.2) is 41.0 Å². The van der Waals surface area contributed by atoms with E-state index in [1.807, 2.05) is 6.07 Å². The van der Waals surface area contributed by atoms with E-state index in [0.29, 0.717) is 36.8 Å². The second kappa shape index (κ2) is 11.4. The van der Waals surface area contributed by atoms with Crippen LogP contribution in [0.1, 0.15) is 73.9 Å². The Kier molecular flexibility index (Phi) is 8.35. The maximum atomic E-state index is 12.1. The summed E-state index contributed by atoms with van der Waals surface area (Å²) in [5.74, 6) is 0.418. The van der Waals surface area contributed by atoms with Crippen molar-refractivity contribution in [2.24, 2.45) is 0 Å². The molecule has 1 aromatic heterocycles. The number of benzene rings is 1. The van der Waals surface area contributed by atoms with Gasteiger partial charge in [-0.15, -0.1) is 0 Å². The molecule has 1 aliphatic carbocycles. The predicted octanol–water partition coefficient (Wildman–Crippen LogP) is 2.23. The summed E-state index contributed by atoms with van der Waals surface area (Å²) in [4.78, 5) is 40.4. The molecule has 0 unspecified atom stereocenters. The van der Waals surface area contributed by atoms with Crippen molar-refractivity contribution in [3.63, 3.8) is 0 Å². The van der Waals surface area contributed by atoms with Gasteiger partial charge in [-0.1, -0.05) is 49.0 Å². The first kappa shape index (κ1) is 23.4. The normalized spacial score (nSPS) is 15.4. The molecule has 3 N–H and O–H groups in total. The van der Waals surface area contributed by atoms with Crippen molar-refractivity contribution in [3.05, 3.63) is 47.6 Å². The molecule has 9 heteroatoms. The summed E-state index contributed by atoms with van der Waals surface area (Å²) in [7, 11) is 0. The second-order valence-corrected chi connectivity index (χ2v) is 8.16. The van der Waals surface area contributed by atoms with Crippen LogP contribution in [-0.2, 0) is 21.5 Å². The molecule has 0 saturated heterocycles. The van der Waals surface area contributed by atoms with Gasteiger partial charge < -0.3 is 20.5 Å². The topological polar surface area (TPSA) is 126 Å². The van der Waals surface area contributed by atoms with Gasteiger partial charge in [-0.25, -0.2) is 0 Å². The summed E-state index contributed by atoms with van der Waals surface area (Å²) in [5.41, 5.74) is -0.0136. The Morgan fingerprint density at radius 2 is 1.69 bits per heavy atom. The Labute approximate surface area is 187 Å². The van der Waals surface area contributed by atoms with E-state index in [2.05, 4.69) is 26.1 Å². The molecule has 2 aromatic rings. The van der Waals surface area contributed by atoms with Crippen LogP contribution in [0.15, 0.2) is 34.9 Å². The van der Waals surface area contributed by atoms with Gasteiger partial charge in [0.05, 0.1) is 0 Å². The second-order valence-electron chi connectivity index (χ2n) is 8.16. The van der Waals surface area contributed by atoms with Crippen LogP contribution in [0, 0.1) is 0 Å². The minimum Gasteiger partial charge on any atom is -0.354 e. The highest BCUT2D eigenvalue weighted by Gasteiger charge is 2.38. The van der Waals surface area contributed by atoms with Crippen molar-refractivity contribution in [2.75, 3.05) is 13.1 Å². The Morgan fingerprint density at radius 3 is 2.38 bits per heavy atom. The fourth-order valence-electron chi connectivity index (χ4n) is 4.00. The van der Waals surface area contributed by atoms with Crippen LogP contribution in [0.2, 0.25) is 0 Å². The molecular weight excluding hydrogens is 410 g/mol. The maximum Gasteiger partial charge on any atom is 0.251 e. The Balaban J connectivity index is 1.44. The fraction of sp³-hybridized carbons (Fsp3) is 0.522. The first-order chi connectivity index (χ1) is 15.5. The number of amides is 3. The number of aryl methyl sites for hydroxylation is 1. The van der Waals surface area contributed by atoms with Gasteiger partial charge in [-0.2, -0.15) is 4.98 Å². The number of carbonyl (C=O) groups is 3. The largest absolute Gasteiger partial charge is 0.354 e. The van der Waals surface area contributed by atoms with Crippen LogP contribution in [0.25, 0.3) is 0 Å². The molecule has 0 spiro atoms. The molecule has 32 heavy (non-hydrogen) atoms. The predicted molar refractivity (Wildman–Crippen MR) is 118 cm³/mol. The third kappa shape index (κ3) is 6.63. The van der Waals surface area contributed by atoms with Gasteiger partial charge in [0.2, 0.25) is 17.7 Å². The molecule has 3 rings (SSSR count). The lowest BCUT2D eigenvalue weighted by Crippen LogP contribution is -2.45. The van der Waals surface area contributed by atoms with E-state index in [0.717, 1.165) is 38.5 Å². The lowest BCUT2D eigenvalue weighted by molar-refractivity contribution is -0.122. The van der Waals surface area contributed by atoms with Crippen LogP contribution < -0.4 is 16.0 Å². The van der Waals surface area contributed by atoms with Crippen molar-refractivity contribution in [1.29, 1.82) is 0 Å². The summed E-state index contributed by atoms with van der Waals surface area (Å²) < 4.78 is 5.37. The molecule has 1 heterocycles. The zero-order valence-corrected chi connectivity index (χ0v) is 18.5. The first-order valence-electron chi connectivity index (χ1n) is 11.2. The zero-order chi connectivity index (χ0) is 22.8. The van der Waals surface area contributed by atoms with E-state index in [-0.39, 0.29) is 24.1 Å². The van der Waals surface area contributed by atoms with E-state index in [1.54, 1.807) is 24.3 Å². The number of hydrogen-bond acceptors (Lipinski definition) is 6. The van der Waals surface area contributed by atoms with Crippen molar-refractivity contribution in [1.82, 2.24) is 26.1 Å². The Morgan fingerprint density at radius 1 is 1.00 bits per heavy atom. The van der Waals surface area contributed by atoms with Crippen LogP contribution in [0.3, 0.4) is 0 Å². The van der Waals surface area contributed by atoms with E-state index in [9.17, 15) is 14.4 Å². The van der Waals surface area contributed by atoms with Crippen LogP contribution in [0.5, 0.6) is 0 Å². The minimum atomic E-state index is -0.594. The summed E-state index contributed by atoms with van der Waals surface area (Å²) in [6.45, 7) is 2.17. The number of nitrogens with one attached hydrogen (secondary N) is 3.